The van der Waals surface area contributed by atoms with Crippen molar-refractivity contribution in [2.75, 3.05) is 6.61 Å². The van der Waals surface area contributed by atoms with Gasteiger partial charge in [0, 0.05) is 15.7 Å². The van der Waals surface area contributed by atoms with Crippen molar-refractivity contribution in [1.82, 2.24) is 3.97 Å². The van der Waals surface area contributed by atoms with Gasteiger partial charge in [-0.25, -0.2) is 17.2 Å². The van der Waals surface area contributed by atoms with Crippen LogP contribution in [0.15, 0.2) is 77.7 Å². The van der Waals surface area contributed by atoms with Gasteiger partial charge in [0.1, 0.15) is 0 Å². The molecule has 4 aromatic rings. The highest BCUT2D eigenvalue weighted by molar-refractivity contribution is 7.90. The first-order valence-electron chi connectivity index (χ1n) is 10.6. The summed E-state index contributed by atoms with van der Waals surface area (Å²) in [7, 11) is -9.23. The van der Waals surface area contributed by atoms with Crippen LogP contribution >= 0.6 is 19.0 Å². The molecule has 4 rings (SSSR count). The Morgan fingerprint density at radius 1 is 1.05 bits per heavy atom. The molecule has 0 saturated heterocycles. The molecule has 7 nitrogen and oxygen atoms in total. The number of rotatable bonds is 7. The molecule has 1 unspecified atom stereocenters. The molecule has 1 N–H and O–H groups in total. The Hall–Kier alpha value is -3.11. The van der Waals surface area contributed by atoms with Crippen LogP contribution in [0.25, 0.3) is 10.9 Å². The number of hydrogen-bond donors (Lipinski definition) is 1. The molecule has 37 heavy (non-hydrogen) atoms. The normalized spacial score (nSPS) is 14.0. The van der Waals surface area contributed by atoms with E-state index in [1.54, 1.807) is 6.07 Å². The predicted octanol–water partition coefficient (Wildman–Crippen LogP) is 5.51. The van der Waals surface area contributed by atoms with Crippen LogP contribution in [0, 0.1) is 0 Å². The molecule has 1 heterocycles. The molecule has 1 atom stereocenters. The van der Waals surface area contributed by atoms with Gasteiger partial charge in [-0.1, -0.05) is 35.9 Å². The molecule has 13 heteroatoms. The minimum Gasteiger partial charge on any atom is -0.477 e. The van der Waals surface area contributed by atoms with Gasteiger partial charge < -0.3 is 9.63 Å². The highest BCUT2D eigenvalue weighted by atomic mass is 35.5. The van der Waals surface area contributed by atoms with Gasteiger partial charge >= 0.3 is 12.1 Å². The number of halogens is 4. The molecule has 0 aliphatic heterocycles. The van der Waals surface area contributed by atoms with E-state index in [0.29, 0.717) is 10.0 Å². The summed E-state index contributed by atoms with van der Waals surface area (Å²) in [6.07, 6.45) is -4.80. The number of alkyl halides is 3. The Morgan fingerprint density at radius 2 is 1.73 bits per heavy atom. The Balaban J connectivity index is 2.19. The van der Waals surface area contributed by atoms with Crippen LogP contribution in [0.2, 0.25) is 5.02 Å². The van der Waals surface area contributed by atoms with E-state index in [1.807, 2.05) is 0 Å². The summed E-state index contributed by atoms with van der Waals surface area (Å²) >= 11 is 6.14. The second-order valence-electron chi connectivity index (χ2n) is 7.76. The Kier molecular flexibility index (Phi) is 7.02. The lowest BCUT2D eigenvalue weighted by molar-refractivity contribution is -0.137. The fourth-order valence-corrected chi connectivity index (χ4v) is 8.21. The van der Waals surface area contributed by atoms with E-state index in [2.05, 4.69) is 0 Å². The summed E-state index contributed by atoms with van der Waals surface area (Å²) < 4.78 is 88.3. The highest BCUT2D eigenvalue weighted by Crippen LogP contribution is 2.49. The SMILES string of the molecule is CCOP(=O)(c1cccc(C(F)(F)F)c1)c1c(C(=O)O)n(S(=O)(=O)c2ccccc2)c2ccc(Cl)cc12. The largest absolute Gasteiger partial charge is 0.477 e. The molecule has 194 valence electrons. The minimum absolute atomic E-state index is 0.0482. The maximum atomic E-state index is 14.5. The van der Waals surface area contributed by atoms with Gasteiger partial charge in [0.15, 0.2) is 5.69 Å². The van der Waals surface area contributed by atoms with Crippen molar-refractivity contribution in [2.24, 2.45) is 0 Å². The maximum absolute atomic E-state index is 14.5. The Morgan fingerprint density at radius 3 is 2.32 bits per heavy atom. The Labute approximate surface area is 214 Å². The summed E-state index contributed by atoms with van der Waals surface area (Å²) in [6.45, 7) is 1.14. The first-order valence-corrected chi connectivity index (χ1v) is 14.1. The zero-order chi connectivity index (χ0) is 27.2. The van der Waals surface area contributed by atoms with Crippen molar-refractivity contribution in [3.05, 3.63) is 89.1 Å². The van der Waals surface area contributed by atoms with E-state index < -0.39 is 51.4 Å². The van der Waals surface area contributed by atoms with Gasteiger partial charge in [0.25, 0.3) is 17.4 Å². The second-order valence-corrected chi connectivity index (χ2v) is 12.3. The van der Waals surface area contributed by atoms with Crippen molar-refractivity contribution < 1.29 is 40.6 Å². The van der Waals surface area contributed by atoms with Crippen LogP contribution in [-0.4, -0.2) is 30.1 Å². The minimum atomic E-state index is -4.80. The number of carboxylic acid groups (broad SMARTS) is 1. The molecular formula is C24H18ClF3NO6PS. The van der Waals surface area contributed by atoms with E-state index in [9.17, 15) is 36.1 Å². The number of hydrogen-bond acceptors (Lipinski definition) is 5. The molecule has 0 radical (unpaired) electrons. The number of carbonyl (C=O) groups is 1. The van der Waals surface area contributed by atoms with Crippen LogP contribution in [0.4, 0.5) is 13.2 Å². The van der Waals surface area contributed by atoms with Crippen LogP contribution < -0.4 is 10.6 Å². The molecule has 0 saturated carbocycles. The number of aromatic nitrogens is 1. The van der Waals surface area contributed by atoms with Gasteiger partial charge in [-0.15, -0.1) is 0 Å². The summed E-state index contributed by atoms with van der Waals surface area (Å²) in [4.78, 5) is 12.3. The standard InChI is InChI=1S/C24H18ClF3NO6PS/c1-2-35-36(32,17-8-6-7-15(13-17)24(26,27)28)22-19-14-16(25)11-12-20(19)29(21(22)23(30)31)37(33,34)18-9-4-3-5-10-18/h3-14H,2H2,1H3,(H,30,31). The third-order valence-electron chi connectivity index (χ3n) is 5.46. The van der Waals surface area contributed by atoms with Crippen LogP contribution in [0.3, 0.4) is 0 Å². The molecule has 0 fully saturated rings. The topological polar surface area (TPSA) is 103 Å². The van der Waals surface area contributed by atoms with E-state index in [1.165, 1.54) is 49.4 Å². The molecule has 3 aromatic carbocycles. The van der Waals surface area contributed by atoms with E-state index in [-0.39, 0.29) is 27.4 Å². The average molecular weight is 572 g/mol. The molecule has 0 spiro atoms. The third-order valence-corrected chi connectivity index (χ3v) is 10.0. The average Bonchev–Trinajstić information content (AvgIpc) is 3.20. The fraction of sp³-hybridized carbons (Fsp3) is 0.125. The van der Waals surface area contributed by atoms with Gasteiger partial charge in [-0.3, -0.25) is 4.57 Å². The van der Waals surface area contributed by atoms with Crippen LogP contribution in [0.5, 0.6) is 0 Å². The summed E-state index contributed by atoms with van der Waals surface area (Å²) in [6, 6.07) is 14.2. The monoisotopic (exact) mass is 571 g/mol. The van der Waals surface area contributed by atoms with Crippen molar-refractivity contribution in [1.29, 1.82) is 0 Å². The molecule has 1 aromatic heterocycles. The number of nitrogens with zero attached hydrogens (tertiary/aromatic N) is 1. The molecular weight excluding hydrogens is 554 g/mol. The van der Waals surface area contributed by atoms with E-state index in [0.717, 1.165) is 18.2 Å². The zero-order valence-corrected chi connectivity index (χ0v) is 21.4. The molecule has 0 aliphatic rings. The van der Waals surface area contributed by atoms with Crippen molar-refractivity contribution >= 4 is 56.5 Å². The van der Waals surface area contributed by atoms with E-state index >= 15 is 0 Å². The van der Waals surface area contributed by atoms with Crippen molar-refractivity contribution in [3.63, 3.8) is 0 Å². The fourth-order valence-electron chi connectivity index (χ4n) is 3.97. The maximum Gasteiger partial charge on any atom is 0.416 e. The van der Waals surface area contributed by atoms with Crippen LogP contribution in [-0.2, 0) is 25.3 Å². The number of benzene rings is 3. The Bertz CT molecular complexity index is 1670. The van der Waals surface area contributed by atoms with Crippen molar-refractivity contribution in [2.45, 2.75) is 18.0 Å². The summed E-state index contributed by atoms with van der Waals surface area (Å²) in [5, 5.41) is 9.07. The van der Waals surface area contributed by atoms with Gasteiger partial charge in [0.2, 0.25) is 0 Å². The lowest BCUT2D eigenvalue weighted by Crippen LogP contribution is -2.27. The van der Waals surface area contributed by atoms with Crippen LogP contribution in [0.1, 0.15) is 23.0 Å². The van der Waals surface area contributed by atoms with E-state index in [4.69, 9.17) is 16.1 Å². The second kappa shape index (κ2) is 9.64. The molecule has 0 amide bonds. The quantitative estimate of drug-likeness (QED) is 0.293. The highest BCUT2D eigenvalue weighted by Gasteiger charge is 2.42. The molecule has 0 aliphatic carbocycles. The lowest BCUT2D eigenvalue weighted by Gasteiger charge is -2.20. The number of aromatic carboxylic acids is 1. The summed E-state index contributed by atoms with van der Waals surface area (Å²) in [5.74, 6) is -1.78. The first kappa shape index (κ1) is 26.9. The predicted molar refractivity (Wildman–Crippen MR) is 133 cm³/mol. The van der Waals surface area contributed by atoms with Crippen molar-refractivity contribution in [3.8, 4) is 0 Å². The van der Waals surface area contributed by atoms with Gasteiger partial charge in [-0.2, -0.15) is 13.2 Å². The lowest BCUT2D eigenvalue weighted by atomic mass is 10.2. The number of fused-ring (bicyclic) bond motifs is 1. The molecule has 0 bridgehead atoms. The summed E-state index contributed by atoms with van der Waals surface area (Å²) in [5.41, 5.74) is -2.26. The smallest absolute Gasteiger partial charge is 0.416 e. The van der Waals surface area contributed by atoms with Gasteiger partial charge in [0.05, 0.1) is 27.9 Å². The third kappa shape index (κ3) is 4.68. The number of carboxylic acids is 1. The first-order chi connectivity index (χ1) is 17.3. The zero-order valence-electron chi connectivity index (χ0n) is 18.9. The van der Waals surface area contributed by atoms with Gasteiger partial charge in [-0.05, 0) is 55.5 Å².